The highest BCUT2D eigenvalue weighted by molar-refractivity contribution is 8.20. The van der Waals surface area contributed by atoms with Gasteiger partial charge in [-0.25, -0.2) is 4.99 Å². The third kappa shape index (κ3) is 3.49. The first-order valence-corrected chi connectivity index (χ1v) is 11.4. The second-order valence-corrected chi connectivity index (χ2v) is 9.21. The minimum absolute atomic E-state index is 0.120. The summed E-state index contributed by atoms with van der Waals surface area (Å²) in [5, 5.41) is 11.2. The van der Waals surface area contributed by atoms with Crippen LogP contribution in [0.2, 0.25) is 0 Å². The fourth-order valence-electron chi connectivity index (χ4n) is 3.50. The molecule has 2 aliphatic rings. The van der Waals surface area contributed by atoms with E-state index in [4.69, 9.17) is 4.99 Å². The molecular formula is C24H19N3O2S2. The van der Waals surface area contributed by atoms with E-state index in [0.717, 1.165) is 26.9 Å². The first-order chi connectivity index (χ1) is 15.0. The smallest absolute Gasteiger partial charge is 0.274 e. The third-order valence-corrected chi connectivity index (χ3v) is 7.55. The molecule has 5 rings (SSSR count). The molecule has 1 saturated heterocycles. The Kier molecular flexibility index (Phi) is 5.00. The molecule has 2 heterocycles. The van der Waals surface area contributed by atoms with E-state index in [1.54, 1.807) is 40.9 Å². The summed E-state index contributed by atoms with van der Waals surface area (Å²) in [4.78, 5) is 23.9. The summed E-state index contributed by atoms with van der Waals surface area (Å²) >= 11 is 2.98. The van der Waals surface area contributed by atoms with Crippen molar-refractivity contribution >= 4 is 51.7 Å². The molecule has 0 aromatic heterocycles. The van der Waals surface area contributed by atoms with Crippen LogP contribution in [0.1, 0.15) is 5.56 Å². The Balaban J connectivity index is 1.63. The number of amides is 1. The first-order valence-electron chi connectivity index (χ1n) is 9.73. The monoisotopic (exact) mass is 445 g/mol. The lowest BCUT2D eigenvalue weighted by Crippen LogP contribution is -2.29. The van der Waals surface area contributed by atoms with E-state index in [0.29, 0.717) is 15.8 Å². The molecule has 154 valence electrons. The zero-order valence-corrected chi connectivity index (χ0v) is 18.6. The number of aromatic hydroxyl groups is 1. The summed E-state index contributed by atoms with van der Waals surface area (Å²) < 4.78 is 0. The molecule has 0 atom stereocenters. The van der Waals surface area contributed by atoms with Crippen LogP contribution in [0.3, 0.4) is 0 Å². The minimum atomic E-state index is -0.120. The number of carbonyl (C=O) groups excluding carboxylic acids is 1. The average molecular weight is 446 g/mol. The summed E-state index contributed by atoms with van der Waals surface area (Å²) in [5.41, 5.74) is 3.61. The summed E-state index contributed by atoms with van der Waals surface area (Å²) in [6, 6.07) is 22.6. The number of anilines is 2. The Morgan fingerprint density at radius 2 is 1.61 bits per heavy atom. The van der Waals surface area contributed by atoms with Crippen LogP contribution in [-0.2, 0) is 4.79 Å². The Labute approximate surface area is 189 Å². The highest BCUT2D eigenvalue weighted by Gasteiger charge is 2.40. The molecule has 3 aromatic rings. The number of thioether (sulfide) groups is 2. The average Bonchev–Trinajstić information content (AvgIpc) is 3.27. The van der Waals surface area contributed by atoms with Crippen molar-refractivity contribution in [1.29, 1.82) is 0 Å². The summed E-state index contributed by atoms with van der Waals surface area (Å²) in [6.45, 7) is 2.00. The van der Waals surface area contributed by atoms with Gasteiger partial charge in [-0.1, -0.05) is 42.1 Å². The van der Waals surface area contributed by atoms with Gasteiger partial charge in [0.25, 0.3) is 5.91 Å². The lowest BCUT2D eigenvalue weighted by Gasteiger charge is -2.17. The molecule has 1 fully saturated rings. The number of aryl methyl sites for hydroxylation is 1. The van der Waals surface area contributed by atoms with Gasteiger partial charge in [-0.05, 0) is 66.7 Å². The molecule has 1 N–H and O–H groups in total. The molecule has 0 saturated carbocycles. The van der Waals surface area contributed by atoms with E-state index in [-0.39, 0.29) is 11.7 Å². The van der Waals surface area contributed by atoms with Gasteiger partial charge in [0.1, 0.15) is 10.7 Å². The number of hydrogen-bond donors (Lipinski definition) is 1. The zero-order valence-electron chi connectivity index (χ0n) is 16.9. The zero-order chi connectivity index (χ0) is 21.5. The molecule has 5 nitrogen and oxygen atoms in total. The van der Waals surface area contributed by atoms with Gasteiger partial charge < -0.3 is 10.0 Å². The van der Waals surface area contributed by atoms with E-state index >= 15 is 0 Å². The second kappa shape index (κ2) is 7.83. The molecular weight excluding hydrogens is 426 g/mol. The van der Waals surface area contributed by atoms with Crippen molar-refractivity contribution in [2.24, 2.45) is 4.99 Å². The fourth-order valence-corrected chi connectivity index (χ4v) is 5.84. The van der Waals surface area contributed by atoms with Crippen molar-refractivity contribution < 1.29 is 9.90 Å². The number of phenolic OH excluding ortho intramolecular Hbond substituents is 1. The number of carbonyl (C=O) groups is 1. The quantitative estimate of drug-likeness (QED) is 0.499. The van der Waals surface area contributed by atoms with E-state index in [2.05, 4.69) is 17.0 Å². The van der Waals surface area contributed by atoms with Gasteiger partial charge in [0.15, 0.2) is 5.17 Å². The lowest BCUT2D eigenvalue weighted by atomic mass is 10.2. The molecule has 1 amide bonds. The molecule has 0 aliphatic carbocycles. The van der Waals surface area contributed by atoms with E-state index in [1.165, 1.54) is 11.8 Å². The van der Waals surface area contributed by atoms with Crippen LogP contribution >= 0.6 is 23.5 Å². The SMILES string of the molecule is Cc1ccccc1N=C1SC(=C2Sc3ccccc3N2C)C(=O)N1c1ccc(O)cc1. The Morgan fingerprint density at radius 1 is 0.903 bits per heavy atom. The van der Waals surface area contributed by atoms with Crippen LogP contribution < -0.4 is 9.80 Å². The van der Waals surface area contributed by atoms with Gasteiger partial charge in [0.05, 0.1) is 22.1 Å². The largest absolute Gasteiger partial charge is 0.508 e. The maximum Gasteiger partial charge on any atom is 0.274 e. The molecule has 7 heteroatoms. The van der Waals surface area contributed by atoms with Gasteiger partial charge >= 0.3 is 0 Å². The number of phenols is 1. The van der Waals surface area contributed by atoms with Gasteiger partial charge in [-0.3, -0.25) is 9.69 Å². The van der Waals surface area contributed by atoms with Gasteiger partial charge in [0, 0.05) is 11.9 Å². The molecule has 0 bridgehead atoms. The van der Waals surface area contributed by atoms with E-state index in [9.17, 15) is 9.90 Å². The highest BCUT2D eigenvalue weighted by atomic mass is 32.2. The number of nitrogens with zero attached hydrogens (tertiary/aromatic N) is 3. The van der Waals surface area contributed by atoms with Crippen LogP contribution in [-0.4, -0.2) is 23.2 Å². The Morgan fingerprint density at radius 3 is 2.35 bits per heavy atom. The molecule has 0 unspecified atom stereocenters. The molecule has 0 spiro atoms. The number of benzene rings is 3. The van der Waals surface area contributed by atoms with Crippen LogP contribution in [0.5, 0.6) is 5.75 Å². The maximum atomic E-state index is 13.6. The normalized spacial score (nSPS) is 19.4. The molecule has 31 heavy (non-hydrogen) atoms. The summed E-state index contributed by atoms with van der Waals surface area (Å²) in [6.07, 6.45) is 0. The molecule has 3 aromatic carbocycles. The number of rotatable bonds is 2. The minimum Gasteiger partial charge on any atom is -0.508 e. The number of hydrogen-bond acceptors (Lipinski definition) is 6. The maximum absolute atomic E-state index is 13.6. The third-order valence-electron chi connectivity index (χ3n) is 5.15. The van der Waals surface area contributed by atoms with Crippen molar-refractivity contribution in [2.75, 3.05) is 16.8 Å². The van der Waals surface area contributed by atoms with Crippen LogP contribution in [0, 0.1) is 6.92 Å². The standard InChI is InChI=1S/C24H19N3O2S2/c1-15-7-3-4-8-18(15)25-24-27(16-11-13-17(28)14-12-16)22(29)21(31-24)23-26(2)19-9-5-6-10-20(19)30-23/h3-14,28H,1-2H3. The highest BCUT2D eigenvalue weighted by Crippen LogP contribution is 2.50. The predicted molar refractivity (Wildman–Crippen MR) is 129 cm³/mol. The Hall–Kier alpha value is -3.16. The number of amidine groups is 1. The molecule has 2 aliphatic heterocycles. The van der Waals surface area contributed by atoms with Crippen molar-refractivity contribution in [2.45, 2.75) is 11.8 Å². The predicted octanol–water partition coefficient (Wildman–Crippen LogP) is 5.88. The summed E-state index contributed by atoms with van der Waals surface area (Å²) in [5.74, 6) is 0.0331. The Bertz CT molecular complexity index is 1250. The van der Waals surface area contributed by atoms with Crippen LogP contribution in [0.4, 0.5) is 17.1 Å². The number of fused-ring (bicyclic) bond motifs is 1. The van der Waals surface area contributed by atoms with Gasteiger partial charge in [-0.15, -0.1) is 0 Å². The second-order valence-electron chi connectivity index (χ2n) is 7.20. The van der Waals surface area contributed by atoms with Crippen molar-refractivity contribution in [3.8, 4) is 5.75 Å². The van der Waals surface area contributed by atoms with Crippen molar-refractivity contribution in [3.63, 3.8) is 0 Å². The topological polar surface area (TPSA) is 56.1 Å². The van der Waals surface area contributed by atoms with Gasteiger partial charge in [0.2, 0.25) is 0 Å². The van der Waals surface area contributed by atoms with Crippen molar-refractivity contribution in [1.82, 2.24) is 0 Å². The first kappa shape index (κ1) is 19.8. The van der Waals surface area contributed by atoms with Crippen molar-refractivity contribution in [3.05, 3.63) is 88.3 Å². The number of para-hydroxylation sites is 2. The summed E-state index contributed by atoms with van der Waals surface area (Å²) in [7, 11) is 1.98. The lowest BCUT2D eigenvalue weighted by molar-refractivity contribution is -0.113. The number of aliphatic imine (C=N–C) groups is 1. The van der Waals surface area contributed by atoms with Crippen LogP contribution in [0.15, 0.2) is 92.6 Å². The fraction of sp³-hybridized carbons (Fsp3) is 0.0833. The van der Waals surface area contributed by atoms with E-state index < -0.39 is 0 Å². The molecule has 0 radical (unpaired) electrons. The van der Waals surface area contributed by atoms with E-state index in [1.807, 2.05) is 50.4 Å². The van der Waals surface area contributed by atoms with Gasteiger partial charge in [-0.2, -0.15) is 0 Å². The van der Waals surface area contributed by atoms with Crippen LogP contribution in [0.25, 0.3) is 0 Å².